The molecule has 2 saturated heterocycles. The van der Waals surface area contributed by atoms with Crippen LogP contribution in [0.3, 0.4) is 0 Å². The van der Waals surface area contributed by atoms with Gasteiger partial charge in [-0.3, -0.25) is 0 Å². The third-order valence-corrected chi connectivity index (χ3v) is 4.79. The normalized spacial score (nSPS) is 35.8. The maximum atomic E-state index is 6.72. The fraction of sp³-hybridized carbons (Fsp3) is 0.769. The van der Waals surface area contributed by atoms with Crippen molar-refractivity contribution >= 4 is 8.38 Å². The van der Waals surface area contributed by atoms with E-state index in [4.69, 9.17) is 25.1 Å². The molecule has 0 aliphatic carbocycles. The lowest BCUT2D eigenvalue weighted by Crippen LogP contribution is -2.46. The summed E-state index contributed by atoms with van der Waals surface area (Å²) in [6, 6.07) is 0. The predicted molar refractivity (Wildman–Crippen MR) is 72.9 cm³/mol. The molecule has 0 amide bonds. The van der Waals surface area contributed by atoms with Crippen LogP contribution in [0.1, 0.15) is 6.92 Å². The summed E-state index contributed by atoms with van der Waals surface area (Å²) in [5.74, 6) is 0.164. The van der Waals surface area contributed by atoms with E-state index in [0.29, 0.717) is 26.4 Å². The first-order valence-electron chi connectivity index (χ1n) is 6.39. The minimum absolute atomic E-state index is 0.0168. The molecule has 0 spiro atoms. The summed E-state index contributed by atoms with van der Waals surface area (Å²) < 4.78 is 23.2. The van der Waals surface area contributed by atoms with Crippen LogP contribution in [0.4, 0.5) is 0 Å². The molecular formula is C13H20NO4P. The van der Waals surface area contributed by atoms with Gasteiger partial charge in [0, 0.05) is 12.6 Å². The lowest BCUT2D eigenvalue weighted by molar-refractivity contribution is -0.117. The molecular weight excluding hydrogens is 265 g/mol. The highest BCUT2D eigenvalue weighted by Gasteiger charge is 2.60. The Hall–Kier alpha value is -0.500. The van der Waals surface area contributed by atoms with Crippen molar-refractivity contribution in [3.8, 4) is 0 Å². The van der Waals surface area contributed by atoms with Gasteiger partial charge in [0.25, 0.3) is 0 Å². The molecule has 0 radical (unpaired) electrons. The van der Waals surface area contributed by atoms with Gasteiger partial charge in [0.05, 0.1) is 13.2 Å². The van der Waals surface area contributed by atoms with Gasteiger partial charge < -0.3 is 23.4 Å². The van der Waals surface area contributed by atoms with E-state index in [9.17, 15) is 0 Å². The average molecular weight is 285 g/mol. The largest absolute Gasteiger partial charge is 0.370 e. The minimum atomic E-state index is -1.02. The molecule has 2 fully saturated rings. The Labute approximate surface area is 115 Å². The number of nitrogens with zero attached hydrogens (tertiary/aromatic N) is 1. The molecule has 0 aromatic carbocycles. The second-order valence-electron chi connectivity index (χ2n) is 4.82. The van der Waals surface area contributed by atoms with E-state index in [1.54, 1.807) is 0 Å². The zero-order chi connectivity index (χ0) is 13.9. The summed E-state index contributed by atoms with van der Waals surface area (Å²) in [6.45, 7) is 16.4. The Kier molecular flexibility index (Phi) is 4.94. The van der Waals surface area contributed by atoms with Gasteiger partial charge in [0.15, 0.2) is 8.38 Å². The van der Waals surface area contributed by atoms with E-state index >= 15 is 0 Å². The molecule has 0 saturated carbocycles. The van der Waals surface area contributed by atoms with Crippen LogP contribution < -0.4 is 0 Å². The molecule has 2 heterocycles. The monoisotopic (exact) mass is 285 g/mol. The molecule has 0 N–H and O–H groups in total. The molecule has 2 aliphatic heterocycles. The van der Waals surface area contributed by atoms with Crippen LogP contribution in [-0.2, 0) is 18.5 Å². The zero-order valence-electron chi connectivity index (χ0n) is 11.4. The van der Waals surface area contributed by atoms with Gasteiger partial charge >= 0.3 is 0 Å². The lowest BCUT2D eigenvalue weighted by Gasteiger charge is -2.34. The molecule has 2 rings (SSSR count). The number of rotatable bonds is 7. The highest BCUT2D eigenvalue weighted by Crippen LogP contribution is 2.49. The van der Waals surface area contributed by atoms with E-state index in [-0.39, 0.29) is 18.1 Å². The van der Waals surface area contributed by atoms with Gasteiger partial charge in [0.2, 0.25) is 6.54 Å². The quantitative estimate of drug-likeness (QED) is 0.311. The number of fused-ring (bicyclic) bond motifs is 2. The maximum Gasteiger partial charge on any atom is 0.238 e. The zero-order valence-corrected chi connectivity index (χ0v) is 12.3. The van der Waals surface area contributed by atoms with Crippen molar-refractivity contribution in [1.29, 1.82) is 0 Å². The molecule has 0 aromatic heterocycles. The minimum Gasteiger partial charge on any atom is -0.370 e. The summed E-state index contributed by atoms with van der Waals surface area (Å²) in [6.07, 6.45) is 1.76. The summed E-state index contributed by atoms with van der Waals surface area (Å²) >= 11 is 0. The number of hydrogen-bond acceptors (Lipinski definition) is 4. The lowest BCUT2D eigenvalue weighted by atomic mass is 9.86. The van der Waals surface area contributed by atoms with Crippen molar-refractivity contribution in [2.24, 2.45) is 5.92 Å². The average Bonchev–Trinajstić information content (AvgIpc) is 2.94. The van der Waals surface area contributed by atoms with Gasteiger partial charge in [-0.25, -0.2) is 6.57 Å². The summed E-state index contributed by atoms with van der Waals surface area (Å²) in [5, 5.41) is 0. The van der Waals surface area contributed by atoms with Gasteiger partial charge in [-0.2, -0.15) is 0 Å². The fourth-order valence-corrected chi connectivity index (χ4v) is 3.54. The number of hydrogen-bond donors (Lipinski definition) is 0. The van der Waals surface area contributed by atoms with Crippen molar-refractivity contribution in [3.05, 3.63) is 24.1 Å². The Morgan fingerprint density at radius 3 is 3.05 bits per heavy atom. The molecule has 2 bridgehead atoms. The van der Waals surface area contributed by atoms with E-state index in [1.807, 2.05) is 12.7 Å². The number of ether oxygens (including phenoxy) is 2. The summed E-state index contributed by atoms with van der Waals surface area (Å²) in [7, 11) is -1.02. The van der Waals surface area contributed by atoms with Gasteiger partial charge in [0.1, 0.15) is 24.4 Å². The first-order chi connectivity index (χ1) is 9.14. The van der Waals surface area contributed by atoms with E-state index < -0.39 is 14.0 Å². The molecule has 1 unspecified atom stereocenters. The van der Waals surface area contributed by atoms with Crippen molar-refractivity contribution in [3.63, 3.8) is 0 Å². The second-order valence-corrected chi connectivity index (χ2v) is 6.17. The van der Waals surface area contributed by atoms with E-state index in [0.717, 1.165) is 0 Å². The standard InChI is InChI=1S/C13H20NO4P/c1-5-10(2)13-9-15-11(8-16-13)12(13)18-19(4)17-7-6-14-3/h5,10-12H,1,6-9H2,2,4H3/t10-,11-,12-,13+,19?/m0/s1. The van der Waals surface area contributed by atoms with Crippen molar-refractivity contribution < 1.29 is 18.5 Å². The van der Waals surface area contributed by atoms with Crippen LogP contribution in [-0.4, -0.2) is 50.8 Å². The first kappa shape index (κ1) is 14.9. The third-order valence-electron chi connectivity index (χ3n) is 3.72. The van der Waals surface area contributed by atoms with Gasteiger partial charge in [-0.1, -0.05) is 13.0 Å². The third kappa shape index (κ3) is 2.84. The van der Waals surface area contributed by atoms with Gasteiger partial charge in [-0.05, 0) is 0 Å². The SMILES string of the molecule is [C-]#[N+]CCOP(C)O[C@H]1[C@@H]2CO[C@@]1([C@@H](C)C=C)CO2. The summed E-state index contributed by atoms with van der Waals surface area (Å²) in [5.41, 5.74) is -0.424. The van der Waals surface area contributed by atoms with Crippen molar-refractivity contribution in [2.75, 3.05) is 33.0 Å². The predicted octanol–water partition coefficient (Wildman–Crippen LogP) is 2.24. The van der Waals surface area contributed by atoms with Crippen LogP contribution in [0.5, 0.6) is 0 Å². The van der Waals surface area contributed by atoms with Crippen LogP contribution in [0, 0.1) is 12.5 Å². The molecule has 0 aromatic rings. The molecule has 2 aliphatic rings. The molecule has 19 heavy (non-hydrogen) atoms. The van der Waals surface area contributed by atoms with E-state index in [1.165, 1.54) is 0 Å². The highest BCUT2D eigenvalue weighted by molar-refractivity contribution is 7.46. The van der Waals surface area contributed by atoms with Crippen LogP contribution in [0.2, 0.25) is 0 Å². The van der Waals surface area contributed by atoms with Crippen molar-refractivity contribution in [2.45, 2.75) is 24.7 Å². The Bertz CT molecular complexity index is 362. The second kappa shape index (κ2) is 6.30. The van der Waals surface area contributed by atoms with Crippen molar-refractivity contribution in [1.82, 2.24) is 0 Å². The molecule has 6 heteroatoms. The molecule has 5 nitrogen and oxygen atoms in total. The Morgan fingerprint density at radius 1 is 1.68 bits per heavy atom. The summed E-state index contributed by atoms with van der Waals surface area (Å²) in [4.78, 5) is 3.25. The topological polar surface area (TPSA) is 41.3 Å². The van der Waals surface area contributed by atoms with E-state index in [2.05, 4.69) is 18.3 Å². The molecule has 106 valence electrons. The van der Waals surface area contributed by atoms with Crippen LogP contribution in [0.25, 0.3) is 4.85 Å². The Balaban J connectivity index is 1.95. The van der Waals surface area contributed by atoms with Crippen LogP contribution in [0.15, 0.2) is 12.7 Å². The first-order valence-corrected chi connectivity index (χ1v) is 8.01. The Morgan fingerprint density at radius 2 is 2.47 bits per heavy atom. The fourth-order valence-electron chi connectivity index (χ4n) is 2.50. The molecule has 5 atom stereocenters. The maximum absolute atomic E-state index is 6.72. The smallest absolute Gasteiger partial charge is 0.238 e. The van der Waals surface area contributed by atoms with Gasteiger partial charge in [-0.15, -0.1) is 6.58 Å². The van der Waals surface area contributed by atoms with Crippen LogP contribution >= 0.6 is 8.38 Å². The highest BCUT2D eigenvalue weighted by atomic mass is 31.2.